The summed E-state index contributed by atoms with van der Waals surface area (Å²) in [7, 11) is -22.6. The molecule has 0 aliphatic heterocycles. The van der Waals surface area contributed by atoms with Crippen LogP contribution in [-0.2, 0) is 77.4 Å². The van der Waals surface area contributed by atoms with E-state index in [2.05, 4.69) is 53.6 Å². The van der Waals surface area contributed by atoms with Crippen molar-refractivity contribution in [3.8, 4) is 0 Å². The van der Waals surface area contributed by atoms with Gasteiger partial charge >= 0.3 is 130 Å². The second kappa shape index (κ2) is 21.8. The third kappa shape index (κ3) is 17.3. The Labute approximate surface area is 397 Å². The SMILES string of the molecule is CC(=O)O[C@H]1[C@H](OS(=O)(=O)[O-])[C@H](OS(=O)(=O)[O-])C(Br)=C[C@@H]1c1ccc([C@H]2C=C(Br)[C@@H](OS(=O)(=O)[O-])[C@@H](OS(=O)(=O)[O-])[C@@H]2OC(C)=O)[nH]1.[Na+].[Na+].[Na+].[Na+]. The van der Waals surface area contributed by atoms with Crippen LogP contribution < -0.4 is 118 Å². The maximum Gasteiger partial charge on any atom is 1.00 e. The molecule has 51 heavy (non-hydrogen) atoms. The molecule has 1 N–H and O–H groups in total. The Balaban J connectivity index is 0. The molecule has 1 aromatic heterocycles. The van der Waals surface area contributed by atoms with E-state index in [1.807, 2.05) is 0 Å². The van der Waals surface area contributed by atoms with Crippen molar-refractivity contribution in [3.05, 3.63) is 44.6 Å². The first kappa shape index (κ1) is 55.2. The molecule has 1 heterocycles. The van der Waals surface area contributed by atoms with Crippen LogP contribution in [0.4, 0.5) is 0 Å². The van der Waals surface area contributed by atoms with Gasteiger partial charge in [-0.15, -0.1) is 0 Å². The average molecular weight is 973 g/mol. The van der Waals surface area contributed by atoms with Crippen molar-refractivity contribution in [1.82, 2.24) is 4.98 Å². The molecule has 0 saturated heterocycles. The third-order valence-electron chi connectivity index (χ3n) is 6.13. The standard InChI is InChI=1S/C20H23Br2NO20S4.4Na/c1-7(24)38-15-9(5-11(21)17(40-44(26,27)28)19(15)42-46(32,33)34)13-3-4-14(23-13)10-6-12(22)18(41-45(29,30)31)20(43-47(35,36)37)16(10)39-8(2)25;;;;/h3-6,9-10,15-20,23H,1-2H3,(H,26,27,28)(H,29,30,31)(H,32,33,34)(H,35,36,37);;;;/q;4*+1/p-4/t9-,10-,15-,16-,17-,18-,19+,20+;;;;/m1..../s1. The summed E-state index contributed by atoms with van der Waals surface area (Å²) < 4.78 is 165. The number of ether oxygens (including phenoxy) is 2. The summed E-state index contributed by atoms with van der Waals surface area (Å²) in [6.07, 6.45) is -10.5. The summed E-state index contributed by atoms with van der Waals surface area (Å²) in [4.78, 5) is 26.8. The Morgan fingerprint density at radius 3 is 1.08 bits per heavy atom. The monoisotopic (exact) mass is 971 g/mol. The quantitative estimate of drug-likeness (QED) is 0.0879. The van der Waals surface area contributed by atoms with Gasteiger partial charge in [-0.25, -0.2) is 33.7 Å². The van der Waals surface area contributed by atoms with Gasteiger partial charge in [-0.3, -0.25) is 26.3 Å². The summed E-state index contributed by atoms with van der Waals surface area (Å²) in [5.74, 6) is -4.96. The van der Waals surface area contributed by atoms with Gasteiger partial charge in [-0.2, -0.15) is 0 Å². The normalized spacial score (nSPS) is 26.7. The van der Waals surface area contributed by atoms with Crippen molar-refractivity contribution in [3.63, 3.8) is 0 Å². The van der Waals surface area contributed by atoms with Crippen LogP contribution in [0, 0.1) is 0 Å². The number of carbonyl (C=O) groups excluding carboxylic acids is 2. The topological polar surface area (TPSA) is 334 Å². The Kier molecular flexibility index (Phi) is 23.6. The van der Waals surface area contributed by atoms with Crippen molar-refractivity contribution in [2.24, 2.45) is 0 Å². The van der Waals surface area contributed by atoms with E-state index in [-0.39, 0.29) is 139 Å². The van der Waals surface area contributed by atoms with Crippen LogP contribution in [0.1, 0.15) is 37.1 Å². The van der Waals surface area contributed by atoms with Crippen molar-refractivity contribution in [1.29, 1.82) is 0 Å². The molecule has 2 aliphatic carbocycles. The summed E-state index contributed by atoms with van der Waals surface area (Å²) >= 11 is 5.84. The minimum absolute atomic E-state index is 0. The third-order valence-corrected chi connectivity index (χ3v) is 9.36. The molecule has 0 aromatic carbocycles. The van der Waals surface area contributed by atoms with Crippen molar-refractivity contribution in [2.75, 3.05) is 0 Å². The molecule has 0 fully saturated rings. The molecule has 266 valence electrons. The fourth-order valence-corrected chi connectivity index (χ4v) is 8.17. The molecule has 2 aliphatic rings. The fraction of sp³-hybridized carbons (Fsp3) is 0.500. The van der Waals surface area contributed by atoms with E-state index in [1.54, 1.807) is 0 Å². The predicted molar refractivity (Wildman–Crippen MR) is 150 cm³/mol. The molecule has 0 spiro atoms. The van der Waals surface area contributed by atoms with Gasteiger partial charge in [-0.1, -0.05) is 44.0 Å². The van der Waals surface area contributed by atoms with Gasteiger partial charge in [0.1, 0.15) is 36.6 Å². The average Bonchev–Trinajstić information content (AvgIpc) is 3.33. The zero-order valence-electron chi connectivity index (χ0n) is 27.0. The zero-order valence-corrected chi connectivity index (χ0v) is 41.4. The maximum atomic E-state index is 12.0. The number of hydrogen-bond acceptors (Lipinski definition) is 20. The molecule has 31 heteroatoms. The Morgan fingerprint density at radius 1 is 0.569 bits per heavy atom. The molecule has 21 nitrogen and oxygen atoms in total. The van der Waals surface area contributed by atoms with E-state index >= 15 is 0 Å². The van der Waals surface area contributed by atoms with Gasteiger partial charge < -0.3 is 32.7 Å². The van der Waals surface area contributed by atoms with Crippen molar-refractivity contribution >= 4 is 85.4 Å². The molecule has 0 bridgehead atoms. The first-order chi connectivity index (χ1) is 21.2. The molecule has 3 rings (SSSR count). The molecule has 0 unspecified atom stereocenters. The van der Waals surface area contributed by atoms with Gasteiger partial charge in [0.15, 0.2) is 0 Å². The van der Waals surface area contributed by atoms with Gasteiger partial charge in [0.25, 0.3) is 0 Å². The maximum absolute atomic E-state index is 12.0. The van der Waals surface area contributed by atoms with Crippen LogP contribution in [-0.4, -0.2) is 105 Å². The van der Waals surface area contributed by atoms with Crippen LogP contribution in [0.2, 0.25) is 0 Å². The van der Waals surface area contributed by atoms with Crippen LogP contribution in [0.15, 0.2) is 33.2 Å². The minimum atomic E-state index is -5.69. The zero-order chi connectivity index (χ0) is 35.9. The second-order valence-electron chi connectivity index (χ2n) is 9.46. The van der Waals surface area contributed by atoms with Crippen molar-refractivity contribution < 1.29 is 206 Å². The number of halogens is 2. The Hall–Kier alpha value is 2.14. The number of esters is 2. The van der Waals surface area contributed by atoms with Crippen LogP contribution >= 0.6 is 31.9 Å². The van der Waals surface area contributed by atoms with E-state index in [1.165, 1.54) is 12.1 Å². The minimum Gasteiger partial charge on any atom is -0.726 e. The van der Waals surface area contributed by atoms with E-state index < -0.39 is 102 Å². The molecular formula is C20H19Br2NNa4O20S4. The number of hydrogen-bond donors (Lipinski definition) is 1. The van der Waals surface area contributed by atoms with Crippen LogP contribution in [0.5, 0.6) is 0 Å². The molecular weight excluding hydrogens is 954 g/mol. The number of aromatic nitrogens is 1. The van der Waals surface area contributed by atoms with Crippen molar-refractivity contribution in [2.45, 2.75) is 62.3 Å². The Morgan fingerprint density at radius 2 is 0.843 bits per heavy atom. The van der Waals surface area contributed by atoms with Gasteiger partial charge in [0, 0.05) is 34.2 Å². The largest absolute Gasteiger partial charge is 1.00 e. The number of rotatable bonds is 12. The van der Waals surface area contributed by atoms with E-state index in [0.29, 0.717) is 0 Å². The first-order valence-electron chi connectivity index (χ1n) is 12.1. The Bertz CT molecular complexity index is 1770. The van der Waals surface area contributed by atoms with Gasteiger partial charge in [0.05, 0.1) is 11.8 Å². The summed E-state index contributed by atoms with van der Waals surface area (Å²) in [5, 5.41) is 0. The predicted octanol–water partition coefficient (Wildman–Crippen LogP) is -13.0. The van der Waals surface area contributed by atoms with E-state index in [0.717, 1.165) is 26.0 Å². The molecule has 0 saturated carbocycles. The van der Waals surface area contributed by atoms with Crippen LogP contribution in [0.3, 0.4) is 0 Å². The molecule has 1 aromatic rings. The number of nitrogens with one attached hydrogen (secondary N) is 1. The molecule has 0 amide bonds. The summed E-state index contributed by atoms with van der Waals surface area (Å²) in [5.41, 5.74) is -0.104. The summed E-state index contributed by atoms with van der Waals surface area (Å²) in [6.45, 7) is 1.71. The molecule has 0 radical (unpaired) electrons. The van der Waals surface area contributed by atoms with E-state index in [9.17, 15) is 61.5 Å². The smallest absolute Gasteiger partial charge is 0.726 e. The second-order valence-corrected chi connectivity index (χ2v) is 15.3. The fourth-order valence-electron chi connectivity index (χ4n) is 4.74. The van der Waals surface area contributed by atoms with Crippen LogP contribution in [0.25, 0.3) is 0 Å². The number of carbonyl (C=O) groups is 2. The molecule has 8 atom stereocenters. The van der Waals surface area contributed by atoms with Gasteiger partial charge in [-0.05, 0) is 12.1 Å². The number of aromatic amines is 1. The number of H-pyrrole nitrogens is 1. The first-order valence-corrected chi connectivity index (χ1v) is 19.0. The van der Waals surface area contributed by atoms with E-state index in [4.69, 9.17) is 9.47 Å². The van der Waals surface area contributed by atoms with Gasteiger partial charge in [0.2, 0.25) is 41.6 Å². The summed E-state index contributed by atoms with van der Waals surface area (Å²) in [6, 6.07) is 2.47.